The normalized spacial score (nSPS) is 11.8. The van der Waals surface area contributed by atoms with Crippen molar-refractivity contribution in [3.05, 3.63) is 131 Å². The van der Waals surface area contributed by atoms with Crippen LogP contribution in [0, 0.1) is 6.92 Å². The number of hydrogen-bond acceptors (Lipinski definition) is 7. The van der Waals surface area contributed by atoms with Crippen LogP contribution >= 0.6 is 23.1 Å². The molecule has 0 saturated carbocycles. The van der Waals surface area contributed by atoms with E-state index < -0.39 is 17.1 Å². The van der Waals surface area contributed by atoms with Gasteiger partial charge in [0.2, 0.25) is 5.91 Å². The number of amides is 3. The number of aryl methyl sites for hydroxylation is 1. The van der Waals surface area contributed by atoms with Crippen molar-refractivity contribution in [2.24, 2.45) is 0 Å². The van der Waals surface area contributed by atoms with Crippen LogP contribution in [0.25, 0.3) is 17.3 Å². The van der Waals surface area contributed by atoms with Gasteiger partial charge in [-0.25, -0.2) is 4.98 Å². The molecule has 1 unspecified atom stereocenters. The summed E-state index contributed by atoms with van der Waals surface area (Å²) >= 11 is 2.75. The molecule has 0 saturated heterocycles. The molecule has 0 aliphatic rings. The Morgan fingerprint density at radius 3 is 2.43 bits per heavy atom. The average molecular weight is 663 g/mol. The molecule has 47 heavy (non-hydrogen) atoms. The molecule has 238 valence electrons. The molecular formula is C37H34N4O4S2. The van der Waals surface area contributed by atoms with Crippen LogP contribution in [0.3, 0.4) is 0 Å². The molecule has 0 spiro atoms. The number of thioether (sulfide) groups is 1. The second-order valence-electron chi connectivity index (χ2n) is 10.5. The predicted molar refractivity (Wildman–Crippen MR) is 191 cm³/mol. The molecule has 0 radical (unpaired) electrons. The Kier molecular flexibility index (Phi) is 11.2. The quantitative estimate of drug-likeness (QED) is 0.0922. The summed E-state index contributed by atoms with van der Waals surface area (Å²) in [6.45, 7) is 3.89. The van der Waals surface area contributed by atoms with Crippen molar-refractivity contribution >= 4 is 57.7 Å². The summed E-state index contributed by atoms with van der Waals surface area (Å²) in [5, 5.41) is 10.6. The number of aromatic nitrogens is 1. The number of rotatable bonds is 12. The van der Waals surface area contributed by atoms with Crippen LogP contribution < -0.4 is 20.7 Å². The van der Waals surface area contributed by atoms with Crippen LogP contribution in [0.5, 0.6) is 5.75 Å². The van der Waals surface area contributed by atoms with Crippen LogP contribution in [0.1, 0.15) is 34.8 Å². The van der Waals surface area contributed by atoms with Gasteiger partial charge in [-0.15, -0.1) is 23.1 Å². The van der Waals surface area contributed by atoms with Gasteiger partial charge in [0.05, 0.1) is 18.1 Å². The molecule has 1 heterocycles. The van der Waals surface area contributed by atoms with Crippen molar-refractivity contribution < 1.29 is 19.1 Å². The number of benzene rings is 4. The number of nitrogens with zero attached hydrogens (tertiary/aromatic N) is 1. The Balaban J connectivity index is 1.28. The molecular weight excluding hydrogens is 629 g/mol. The largest absolute Gasteiger partial charge is 0.496 e. The zero-order valence-corrected chi connectivity index (χ0v) is 27.8. The van der Waals surface area contributed by atoms with Crippen molar-refractivity contribution in [3.63, 3.8) is 0 Å². The molecule has 8 nitrogen and oxygen atoms in total. The number of thiazole rings is 1. The first kappa shape index (κ1) is 33.2. The molecule has 3 amide bonds. The molecule has 0 bridgehead atoms. The molecule has 1 aromatic heterocycles. The molecule has 10 heteroatoms. The summed E-state index contributed by atoms with van der Waals surface area (Å²) < 4.78 is 5.45. The lowest BCUT2D eigenvalue weighted by molar-refractivity contribution is -0.116. The van der Waals surface area contributed by atoms with Crippen LogP contribution in [0.2, 0.25) is 0 Å². The maximum absolute atomic E-state index is 13.6. The standard InChI is InChI=1S/C37H34N4O4S2/c1-4-33(36(44)41-37-40-31(23-46-37)29-19-10-11-20-32(29)45-3)47-28-18-12-17-27(22-28)38-35(43)30(21-26-16-9-8-13-24(26)2)39-34(42)25-14-6-5-7-15-25/h5-23,33H,4H2,1-3H3,(H,38,43)(H,39,42)(H,40,41,44)/b30-21-. The average Bonchev–Trinajstić information content (AvgIpc) is 3.56. The van der Waals surface area contributed by atoms with Gasteiger partial charge in [0.25, 0.3) is 11.8 Å². The Morgan fingerprint density at radius 2 is 1.66 bits per heavy atom. The van der Waals surface area contributed by atoms with E-state index in [1.807, 2.05) is 92.0 Å². The highest BCUT2D eigenvalue weighted by atomic mass is 32.2. The van der Waals surface area contributed by atoms with Crippen molar-refractivity contribution in [1.29, 1.82) is 0 Å². The lowest BCUT2D eigenvalue weighted by atomic mass is 10.1. The molecule has 3 N–H and O–H groups in total. The summed E-state index contributed by atoms with van der Waals surface area (Å²) in [6.07, 6.45) is 2.24. The zero-order valence-electron chi connectivity index (χ0n) is 26.2. The van der Waals surface area contributed by atoms with Crippen LogP contribution in [0.4, 0.5) is 10.8 Å². The number of ether oxygens (including phenoxy) is 1. The molecule has 4 aromatic carbocycles. The second-order valence-corrected chi connectivity index (χ2v) is 12.6. The molecule has 0 fully saturated rings. The third kappa shape index (κ3) is 8.75. The smallest absolute Gasteiger partial charge is 0.272 e. The summed E-state index contributed by atoms with van der Waals surface area (Å²) in [5.41, 5.74) is 4.41. The van der Waals surface area contributed by atoms with E-state index in [-0.39, 0.29) is 11.6 Å². The van der Waals surface area contributed by atoms with E-state index in [2.05, 4.69) is 20.9 Å². The van der Waals surface area contributed by atoms with Crippen LogP contribution in [-0.4, -0.2) is 35.1 Å². The molecule has 0 aliphatic heterocycles. The van der Waals surface area contributed by atoms with E-state index in [1.54, 1.807) is 43.5 Å². The minimum atomic E-state index is -0.473. The van der Waals surface area contributed by atoms with Crippen molar-refractivity contribution in [2.75, 3.05) is 17.7 Å². The third-order valence-corrected chi connectivity index (χ3v) is 9.28. The molecule has 1 atom stereocenters. The third-order valence-electron chi connectivity index (χ3n) is 7.17. The fourth-order valence-corrected chi connectivity index (χ4v) is 6.40. The van der Waals surface area contributed by atoms with Crippen molar-refractivity contribution in [1.82, 2.24) is 10.3 Å². The van der Waals surface area contributed by atoms with Gasteiger partial charge in [-0.3, -0.25) is 14.4 Å². The van der Waals surface area contributed by atoms with Gasteiger partial charge in [-0.05, 0) is 73.0 Å². The number of para-hydroxylation sites is 1. The van der Waals surface area contributed by atoms with Gasteiger partial charge >= 0.3 is 0 Å². The SMILES string of the molecule is CCC(Sc1cccc(NC(=O)/C(=C/c2ccccc2C)NC(=O)c2ccccc2)c1)C(=O)Nc1nc(-c2ccccc2OC)cs1. The van der Waals surface area contributed by atoms with Gasteiger partial charge in [-0.2, -0.15) is 0 Å². The van der Waals surface area contributed by atoms with E-state index in [4.69, 9.17) is 4.74 Å². The minimum Gasteiger partial charge on any atom is -0.496 e. The maximum atomic E-state index is 13.6. The topological polar surface area (TPSA) is 109 Å². The Labute approximate surface area is 282 Å². The predicted octanol–water partition coefficient (Wildman–Crippen LogP) is 8.05. The Morgan fingerprint density at radius 1 is 0.915 bits per heavy atom. The Hall–Kier alpha value is -5.19. The summed E-state index contributed by atoms with van der Waals surface area (Å²) in [6, 6.07) is 31.2. The van der Waals surface area contributed by atoms with E-state index >= 15 is 0 Å². The first-order valence-corrected chi connectivity index (χ1v) is 16.7. The minimum absolute atomic E-state index is 0.105. The van der Waals surface area contributed by atoms with Crippen LogP contribution in [0.15, 0.2) is 119 Å². The summed E-state index contributed by atoms with van der Waals surface area (Å²) in [7, 11) is 1.61. The number of carbonyl (C=O) groups is 3. The van der Waals surface area contributed by atoms with E-state index in [0.717, 1.165) is 27.3 Å². The first-order chi connectivity index (χ1) is 22.8. The second kappa shape index (κ2) is 15.9. The zero-order chi connectivity index (χ0) is 33.2. The molecule has 0 aliphatic carbocycles. The van der Waals surface area contributed by atoms with Crippen LogP contribution in [-0.2, 0) is 9.59 Å². The Bertz CT molecular complexity index is 1910. The van der Waals surface area contributed by atoms with Gasteiger partial charge < -0.3 is 20.7 Å². The van der Waals surface area contributed by atoms with Gasteiger partial charge in [0.1, 0.15) is 11.4 Å². The molecule has 5 rings (SSSR count). The van der Waals surface area contributed by atoms with Gasteiger partial charge in [0, 0.05) is 27.1 Å². The lowest BCUT2D eigenvalue weighted by Crippen LogP contribution is -2.30. The fourth-order valence-electron chi connectivity index (χ4n) is 4.68. The number of anilines is 2. The summed E-state index contributed by atoms with van der Waals surface area (Å²) in [5.74, 6) is -0.322. The van der Waals surface area contributed by atoms with E-state index in [1.165, 1.54) is 23.1 Å². The number of hydrogen-bond donors (Lipinski definition) is 3. The number of carbonyl (C=O) groups excluding carboxylic acids is 3. The monoisotopic (exact) mass is 662 g/mol. The summed E-state index contributed by atoms with van der Waals surface area (Å²) in [4.78, 5) is 45.3. The van der Waals surface area contributed by atoms with Crippen molar-refractivity contribution in [3.8, 4) is 17.0 Å². The van der Waals surface area contributed by atoms with Crippen molar-refractivity contribution in [2.45, 2.75) is 30.4 Å². The lowest BCUT2D eigenvalue weighted by Gasteiger charge is -2.15. The van der Waals surface area contributed by atoms with E-state index in [0.29, 0.717) is 28.6 Å². The first-order valence-electron chi connectivity index (χ1n) is 15.0. The number of methoxy groups -OCH3 is 1. The maximum Gasteiger partial charge on any atom is 0.272 e. The highest BCUT2D eigenvalue weighted by molar-refractivity contribution is 8.00. The fraction of sp³-hybridized carbons (Fsp3) is 0.135. The van der Waals surface area contributed by atoms with E-state index in [9.17, 15) is 14.4 Å². The molecule has 5 aromatic rings. The van der Waals surface area contributed by atoms with Gasteiger partial charge in [0.15, 0.2) is 5.13 Å². The highest BCUT2D eigenvalue weighted by Crippen LogP contribution is 2.33. The van der Waals surface area contributed by atoms with Gasteiger partial charge in [-0.1, -0.05) is 67.6 Å². The number of nitrogens with one attached hydrogen (secondary N) is 3. The highest BCUT2D eigenvalue weighted by Gasteiger charge is 2.21.